The molecule has 3 rings (SSSR count). The molecule has 4 heteroatoms. The van der Waals surface area contributed by atoms with Crippen LogP contribution in [-0.2, 0) is 0 Å². The number of para-hydroxylation sites is 1. The molecular weight excluding hydrogens is 278 g/mol. The van der Waals surface area contributed by atoms with Crippen molar-refractivity contribution in [2.45, 2.75) is 12.8 Å². The number of nitrogens with zero attached hydrogens (tertiary/aromatic N) is 1. The lowest BCUT2D eigenvalue weighted by Crippen LogP contribution is -2.30. The molecule has 1 heterocycles. The number of rotatable bonds is 3. The number of hydrogen-bond donors (Lipinski definition) is 0. The van der Waals surface area contributed by atoms with E-state index in [0.717, 1.165) is 5.69 Å². The highest BCUT2D eigenvalue weighted by molar-refractivity contribution is 6.11. The minimum Gasteiger partial charge on any atom is -0.496 e. The van der Waals surface area contributed by atoms with E-state index in [1.807, 2.05) is 24.3 Å². The van der Waals surface area contributed by atoms with Crippen molar-refractivity contribution in [3.63, 3.8) is 0 Å². The van der Waals surface area contributed by atoms with E-state index in [4.69, 9.17) is 9.47 Å². The van der Waals surface area contributed by atoms with Crippen LogP contribution in [0.5, 0.6) is 11.5 Å². The first-order valence-corrected chi connectivity index (χ1v) is 7.29. The molecule has 1 aliphatic rings. The first-order valence-electron chi connectivity index (χ1n) is 7.29. The van der Waals surface area contributed by atoms with Crippen molar-refractivity contribution in [3.05, 3.63) is 53.6 Å². The van der Waals surface area contributed by atoms with Crippen molar-refractivity contribution in [1.29, 1.82) is 0 Å². The summed E-state index contributed by atoms with van der Waals surface area (Å²) >= 11 is 0. The number of methoxy groups -OCH3 is 2. The summed E-state index contributed by atoms with van der Waals surface area (Å²) in [6.45, 7) is 2.80. The smallest absolute Gasteiger partial charge is 0.265 e. The molecule has 0 N–H and O–H groups in total. The van der Waals surface area contributed by atoms with E-state index in [9.17, 15) is 4.79 Å². The minimum atomic E-state index is -0.0916. The van der Waals surface area contributed by atoms with Gasteiger partial charge in [0.15, 0.2) is 0 Å². The van der Waals surface area contributed by atoms with Crippen molar-refractivity contribution in [1.82, 2.24) is 0 Å². The summed E-state index contributed by atoms with van der Waals surface area (Å²) in [5.41, 5.74) is 2.63. The van der Waals surface area contributed by atoms with Crippen molar-refractivity contribution in [3.8, 4) is 11.5 Å². The minimum absolute atomic E-state index is 0.0916. The highest BCUT2D eigenvalue weighted by Gasteiger charge is 2.32. The second-order valence-electron chi connectivity index (χ2n) is 5.41. The quantitative estimate of drug-likeness (QED) is 0.870. The third-order valence-electron chi connectivity index (χ3n) is 4.10. The Balaban J connectivity index is 2.07. The molecule has 2 aromatic rings. The molecule has 0 spiro atoms. The van der Waals surface area contributed by atoms with Gasteiger partial charge < -0.3 is 14.4 Å². The van der Waals surface area contributed by atoms with E-state index < -0.39 is 0 Å². The van der Waals surface area contributed by atoms with Crippen LogP contribution in [0.1, 0.15) is 28.8 Å². The van der Waals surface area contributed by atoms with Crippen LogP contribution in [0.25, 0.3) is 0 Å². The van der Waals surface area contributed by atoms with Gasteiger partial charge in [0.2, 0.25) is 0 Å². The van der Waals surface area contributed by atoms with E-state index in [0.29, 0.717) is 29.5 Å². The van der Waals surface area contributed by atoms with E-state index in [-0.39, 0.29) is 5.91 Å². The number of amides is 1. The fourth-order valence-electron chi connectivity index (χ4n) is 3.01. The van der Waals surface area contributed by atoms with Crippen molar-refractivity contribution in [2.24, 2.45) is 0 Å². The number of fused-ring (bicyclic) bond motifs is 1. The second-order valence-corrected chi connectivity index (χ2v) is 5.41. The van der Waals surface area contributed by atoms with Gasteiger partial charge in [-0.1, -0.05) is 31.2 Å². The first-order chi connectivity index (χ1) is 10.7. The molecule has 4 nitrogen and oxygen atoms in total. The van der Waals surface area contributed by atoms with Crippen molar-refractivity contribution in [2.75, 3.05) is 25.7 Å². The van der Waals surface area contributed by atoms with Crippen LogP contribution in [0, 0.1) is 0 Å². The maximum Gasteiger partial charge on any atom is 0.265 e. The fraction of sp³-hybridized carbons (Fsp3) is 0.278. The fourth-order valence-corrected chi connectivity index (χ4v) is 3.01. The monoisotopic (exact) mass is 297 g/mol. The van der Waals surface area contributed by atoms with E-state index in [1.165, 1.54) is 5.56 Å². The Morgan fingerprint density at radius 1 is 1.05 bits per heavy atom. The van der Waals surface area contributed by atoms with Gasteiger partial charge in [0.25, 0.3) is 5.91 Å². The van der Waals surface area contributed by atoms with Crippen LogP contribution in [-0.4, -0.2) is 26.7 Å². The highest BCUT2D eigenvalue weighted by Crippen LogP contribution is 2.39. The number of anilines is 1. The predicted octanol–water partition coefficient (Wildman–Crippen LogP) is 3.47. The Hall–Kier alpha value is -2.49. The largest absolute Gasteiger partial charge is 0.496 e. The van der Waals surface area contributed by atoms with Gasteiger partial charge in [-0.2, -0.15) is 0 Å². The van der Waals surface area contributed by atoms with Gasteiger partial charge in [0.05, 0.1) is 14.2 Å². The molecular formula is C18H19NO3. The third-order valence-corrected chi connectivity index (χ3v) is 4.10. The van der Waals surface area contributed by atoms with Crippen LogP contribution in [0.2, 0.25) is 0 Å². The Morgan fingerprint density at radius 2 is 1.68 bits per heavy atom. The topological polar surface area (TPSA) is 38.8 Å². The number of benzene rings is 2. The predicted molar refractivity (Wildman–Crippen MR) is 86.1 cm³/mol. The van der Waals surface area contributed by atoms with Crippen LogP contribution < -0.4 is 14.4 Å². The molecule has 0 aromatic heterocycles. The Morgan fingerprint density at radius 3 is 2.32 bits per heavy atom. The van der Waals surface area contributed by atoms with Crippen LogP contribution in [0.15, 0.2) is 42.5 Å². The van der Waals surface area contributed by atoms with Crippen molar-refractivity contribution >= 4 is 11.6 Å². The molecule has 1 amide bonds. The molecule has 1 unspecified atom stereocenters. The van der Waals surface area contributed by atoms with Gasteiger partial charge in [0.1, 0.15) is 17.1 Å². The molecule has 1 atom stereocenters. The molecule has 114 valence electrons. The lowest BCUT2D eigenvalue weighted by Gasteiger charge is -2.20. The number of hydrogen-bond acceptors (Lipinski definition) is 3. The Labute approximate surface area is 130 Å². The molecule has 0 saturated heterocycles. The summed E-state index contributed by atoms with van der Waals surface area (Å²) in [5, 5.41) is 0. The zero-order chi connectivity index (χ0) is 15.7. The first kappa shape index (κ1) is 14.4. The third kappa shape index (κ3) is 2.21. The van der Waals surface area contributed by atoms with Crippen LogP contribution >= 0.6 is 0 Å². The maximum atomic E-state index is 13.1. The zero-order valence-corrected chi connectivity index (χ0v) is 13.0. The molecule has 2 aromatic carbocycles. The molecule has 0 aliphatic carbocycles. The lowest BCUT2D eigenvalue weighted by atomic mass is 10.0. The summed E-state index contributed by atoms with van der Waals surface area (Å²) in [6.07, 6.45) is 0. The zero-order valence-electron chi connectivity index (χ0n) is 13.0. The number of carbonyl (C=O) groups is 1. The normalized spacial score (nSPS) is 16.3. The average Bonchev–Trinajstić information content (AvgIpc) is 2.90. The van der Waals surface area contributed by atoms with E-state index in [1.54, 1.807) is 31.3 Å². The summed E-state index contributed by atoms with van der Waals surface area (Å²) in [7, 11) is 3.12. The van der Waals surface area contributed by atoms with Gasteiger partial charge >= 0.3 is 0 Å². The molecule has 22 heavy (non-hydrogen) atoms. The lowest BCUT2D eigenvalue weighted by molar-refractivity contribution is 0.0982. The van der Waals surface area contributed by atoms with Gasteiger partial charge in [-0.05, 0) is 23.8 Å². The maximum absolute atomic E-state index is 13.1. The van der Waals surface area contributed by atoms with Gasteiger partial charge in [-0.25, -0.2) is 0 Å². The van der Waals surface area contributed by atoms with Gasteiger partial charge in [0, 0.05) is 18.2 Å². The van der Waals surface area contributed by atoms with Crippen molar-refractivity contribution < 1.29 is 14.3 Å². The number of ether oxygens (including phenoxy) is 2. The molecule has 0 bridgehead atoms. The Kier molecular flexibility index (Phi) is 3.75. The SMILES string of the molecule is COc1cccc(OC)c1C(=O)N1CC(C)c2ccccc21. The summed E-state index contributed by atoms with van der Waals surface area (Å²) in [5.74, 6) is 1.29. The van der Waals surface area contributed by atoms with E-state index in [2.05, 4.69) is 13.0 Å². The Bertz CT molecular complexity index is 689. The standard InChI is InChI=1S/C18H19NO3/c1-12-11-19(14-8-5-4-7-13(12)14)18(20)17-15(21-2)9-6-10-16(17)22-3/h4-10,12H,11H2,1-3H3. The van der Waals surface area contributed by atoms with E-state index >= 15 is 0 Å². The molecule has 1 aliphatic heterocycles. The average molecular weight is 297 g/mol. The molecule has 0 fully saturated rings. The summed E-state index contributed by atoms with van der Waals surface area (Å²) < 4.78 is 10.7. The molecule has 0 saturated carbocycles. The van der Waals surface area contributed by atoms with Gasteiger partial charge in [-0.15, -0.1) is 0 Å². The highest BCUT2D eigenvalue weighted by atomic mass is 16.5. The molecule has 0 radical (unpaired) electrons. The summed E-state index contributed by atoms with van der Waals surface area (Å²) in [4.78, 5) is 14.9. The second kappa shape index (κ2) is 5.72. The van der Waals surface area contributed by atoms with Gasteiger partial charge in [-0.3, -0.25) is 4.79 Å². The summed E-state index contributed by atoms with van der Waals surface area (Å²) in [6, 6.07) is 13.4. The van der Waals surface area contributed by atoms with Crippen LogP contribution in [0.3, 0.4) is 0 Å². The number of carbonyl (C=O) groups excluding carboxylic acids is 1. The van der Waals surface area contributed by atoms with Crippen LogP contribution in [0.4, 0.5) is 5.69 Å².